The number of ether oxygens (including phenoxy) is 1. The predicted octanol–water partition coefficient (Wildman–Crippen LogP) is 6.19. The molecule has 0 aromatic heterocycles. The van der Waals surface area contributed by atoms with E-state index >= 15 is 0 Å². The number of phenols is 1. The van der Waals surface area contributed by atoms with Crippen molar-refractivity contribution in [3.05, 3.63) is 102 Å². The molecule has 12 heteroatoms. The third-order valence-corrected chi connectivity index (χ3v) is 12.0. The zero-order valence-corrected chi connectivity index (χ0v) is 28.5. The second-order valence-electron chi connectivity index (χ2n) is 14.8. The Morgan fingerprint density at radius 2 is 1.54 bits per heavy atom. The fourth-order valence-electron chi connectivity index (χ4n) is 9.70. The van der Waals surface area contributed by atoms with Gasteiger partial charge in [-0.3, -0.25) is 29.0 Å². The van der Waals surface area contributed by atoms with E-state index in [1.807, 2.05) is 24.3 Å². The minimum atomic E-state index is -5.02. The summed E-state index contributed by atoms with van der Waals surface area (Å²) in [5, 5.41) is 11.2. The Morgan fingerprint density at radius 1 is 0.865 bits per heavy atom. The van der Waals surface area contributed by atoms with Gasteiger partial charge in [0, 0.05) is 37.2 Å². The summed E-state index contributed by atoms with van der Waals surface area (Å²) in [6, 6.07) is 21.3. The topological polar surface area (TPSA) is 107 Å². The van der Waals surface area contributed by atoms with Gasteiger partial charge in [0.05, 0.1) is 28.9 Å². The van der Waals surface area contributed by atoms with E-state index in [1.54, 1.807) is 37.3 Å². The molecule has 6 unspecified atom stereocenters. The fraction of sp³-hybridized carbons (Fsp3) is 0.400. The highest BCUT2D eigenvalue weighted by Crippen LogP contribution is 2.64. The van der Waals surface area contributed by atoms with Crippen LogP contribution in [0.4, 0.5) is 18.9 Å². The minimum absolute atomic E-state index is 0.0147. The molecule has 52 heavy (non-hydrogen) atoms. The van der Waals surface area contributed by atoms with Crippen molar-refractivity contribution in [2.75, 3.05) is 18.0 Å². The zero-order chi connectivity index (χ0) is 36.5. The number of carbonyl (C=O) groups is 4. The Morgan fingerprint density at radius 3 is 2.21 bits per heavy atom. The second kappa shape index (κ2) is 12.6. The van der Waals surface area contributed by atoms with E-state index in [0.29, 0.717) is 37.2 Å². The molecule has 4 amide bonds. The SMILES string of the molecule is CC12C(=O)N(c3ccccc3)C(=O)C1CC1C(=CCC3C(=O)N(C4CCN(Cc5ccccc5)CC4)C(=O)C31)C2c1cc(OC(F)(F)F)ccc1O. The number of likely N-dealkylation sites (tertiary alicyclic amines) is 2. The van der Waals surface area contributed by atoms with Crippen molar-refractivity contribution in [2.24, 2.45) is 29.1 Å². The van der Waals surface area contributed by atoms with Crippen LogP contribution >= 0.6 is 0 Å². The molecule has 2 aliphatic carbocycles. The molecule has 9 nitrogen and oxygen atoms in total. The first-order chi connectivity index (χ1) is 24.9. The van der Waals surface area contributed by atoms with Gasteiger partial charge in [-0.05, 0) is 74.4 Å². The molecule has 6 atom stereocenters. The molecule has 0 bridgehead atoms. The highest BCUT2D eigenvalue weighted by atomic mass is 19.4. The lowest BCUT2D eigenvalue weighted by molar-refractivity contribution is -0.274. The van der Waals surface area contributed by atoms with E-state index in [9.17, 15) is 37.5 Å². The quantitative estimate of drug-likeness (QED) is 0.240. The maximum Gasteiger partial charge on any atom is 0.573 e. The minimum Gasteiger partial charge on any atom is -0.508 e. The maximum absolute atomic E-state index is 14.6. The van der Waals surface area contributed by atoms with Gasteiger partial charge in [0.1, 0.15) is 11.5 Å². The Balaban J connectivity index is 1.15. The van der Waals surface area contributed by atoms with Crippen molar-refractivity contribution in [1.82, 2.24) is 9.80 Å². The number of fused-ring (bicyclic) bond motifs is 4. The first-order valence-electron chi connectivity index (χ1n) is 17.7. The third kappa shape index (κ3) is 5.50. The van der Waals surface area contributed by atoms with Gasteiger partial charge in [-0.2, -0.15) is 0 Å². The number of allylic oxidation sites excluding steroid dienone is 2. The standard InChI is InChI=1S/C40H38F3N3O6/c1-39-31(36(49)46(38(39)51)24-10-6-3-7-11-24)21-29-27(34(39)30-20-26(12-15-32(30)47)52-40(41,42)43)13-14-28-33(29)37(50)45(35(28)48)25-16-18-44(19-17-25)22-23-8-4-2-5-9-23/h2-13,15,20,25,28-29,31,33-34,47H,14,16-19,21-22H2,1H3. The Hall–Kier alpha value is -4.97. The number of amides is 4. The molecule has 1 N–H and O–H groups in total. The average Bonchev–Trinajstić information content (AvgIpc) is 3.49. The second-order valence-corrected chi connectivity index (χ2v) is 14.8. The summed E-state index contributed by atoms with van der Waals surface area (Å²) in [7, 11) is 0. The molecule has 8 rings (SSSR count). The molecule has 3 aromatic rings. The third-order valence-electron chi connectivity index (χ3n) is 12.0. The Kier molecular flexibility index (Phi) is 8.28. The van der Waals surface area contributed by atoms with Gasteiger partial charge in [0.2, 0.25) is 23.6 Å². The molecule has 270 valence electrons. The molecule has 3 aromatic carbocycles. The fourth-order valence-corrected chi connectivity index (χ4v) is 9.70. The number of halogens is 3. The van der Waals surface area contributed by atoms with Crippen molar-refractivity contribution in [3.8, 4) is 11.5 Å². The van der Waals surface area contributed by atoms with E-state index in [2.05, 4.69) is 21.8 Å². The summed E-state index contributed by atoms with van der Waals surface area (Å²) in [5.74, 6) is -6.81. The molecule has 3 saturated heterocycles. The van der Waals surface area contributed by atoms with Gasteiger partial charge in [0.15, 0.2) is 0 Å². The summed E-state index contributed by atoms with van der Waals surface area (Å²) in [4.78, 5) is 62.3. The van der Waals surface area contributed by atoms with Crippen LogP contribution in [-0.2, 0) is 25.7 Å². The van der Waals surface area contributed by atoms with E-state index in [0.717, 1.165) is 29.6 Å². The Labute approximate surface area is 298 Å². The van der Waals surface area contributed by atoms with Gasteiger partial charge in [-0.1, -0.05) is 60.2 Å². The molecular formula is C40H38F3N3O6. The predicted molar refractivity (Wildman–Crippen MR) is 182 cm³/mol. The van der Waals surface area contributed by atoms with Crippen LogP contribution in [0.1, 0.15) is 49.7 Å². The number of alkyl halides is 3. The van der Waals surface area contributed by atoms with Crippen LogP contribution in [-0.4, -0.2) is 64.0 Å². The number of phenolic OH excluding ortho intramolecular Hbond substituents is 1. The summed E-state index contributed by atoms with van der Waals surface area (Å²) in [6.45, 7) is 3.81. The number of aromatic hydroxyl groups is 1. The number of rotatable bonds is 6. The normalized spacial score (nSPS) is 29.5. The molecule has 0 radical (unpaired) electrons. The van der Waals surface area contributed by atoms with Crippen LogP contribution in [0, 0.1) is 29.1 Å². The lowest BCUT2D eigenvalue weighted by Crippen LogP contribution is -2.49. The highest BCUT2D eigenvalue weighted by molar-refractivity contribution is 6.24. The van der Waals surface area contributed by atoms with E-state index in [-0.39, 0.29) is 42.0 Å². The lowest BCUT2D eigenvalue weighted by atomic mass is 9.51. The van der Waals surface area contributed by atoms with Gasteiger partial charge in [0.25, 0.3) is 0 Å². The molecule has 5 aliphatic rings. The number of piperidine rings is 1. The Bertz CT molecular complexity index is 1960. The number of benzene rings is 3. The number of imide groups is 2. The molecule has 3 aliphatic heterocycles. The largest absolute Gasteiger partial charge is 0.573 e. The molecule has 4 fully saturated rings. The van der Waals surface area contributed by atoms with Gasteiger partial charge >= 0.3 is 6.36 Å². The van der Waals surface area contributed by atoms with E-state index in [1.165, 1.54) is 10.5 Å². The molecular weight excluding hydrogens is 675 g/mol. The number of carbonyl (C=O) groups excluding carboxylic acids is 4. The monoisotopic (exact) mass is 713 g/mol. The number of para-hydroxylation sites is 1. The van der Waals surface area contributed by atoms with Crippen LogP contribution < -0.4 is 9.64 Å². The van der Waals surface area contributed by atoms with Crippen LogP contribution in [0.25, 0.3) is 0 Å². The highest BCUT2D eigenvalue weighted by Gasteiger charge is 2.68. The van der Waals surface area contributed by atoms with Crippen molar-refractivity contribution in [3.63, 3.8) is 0 Å². The first-order valence-corrected chi connectivity index (χ1v) is 17.7. The number of hydrogen-bond acceptors (Lipinski definition) is 7. The zero-order valence-electron chi connectivity index (χ0n) is 28.5. The average molecular weight is 714 g/mol. The van der Waals surface area contributed by atoms with Crippen LogP contribution in [0.5, 0.6) is 11.5 Å². The first kappa shape index (κ1) is 34.1. The van der Waals surface area contributed by atoms with Crippen molar-refractivity contribution in [1.29, 1.82) is 0 Å². The van der Waals surface area contributed by atoms with Crippen LogP contribution in [0.15, 0.2) is 90.5 Å². The van der Waals surface area contributed by atoms with Crippen LogP contribution in [0.2, 0.25) is 0 Å². The summed E-state index contributed by atoms with van der Waals surface area (Å²) in [6.07, 6.45) is -1.68. The smallest absolute Gasteiger partial charge is 0.508 e. The van der Waals surface area contributed by atoms with E-state index in [4.69, 9.17) is 0 Å². The van der Waals surface area contributed by atoms with Gasteiger partial charge in [-0.15, -0.1) is 13.2 Å². The molecule has 3 heterocycles. The molecule has 0 spiro atoms. The van der Waals surface area contributed by atoms with Gasteiger partial charge < -0.3 is 9.84 Å². The maximum atomic E-state index is 14.6. The van der Waals surface area contributed by atoms with Crippen LogP contribution in [0.3, 0.4) is 0 Å². The lowest BCUT2D eigenvalue weighted by Gasteiger charge is -2.49. The van der Waals surface area contributed by atoms with Crippen molar-refractivity contribution < 1.29 is 42.2 Å². The number of nitrogens with zero attached hydrogens (tertiary/aromatic N) is 3. The van der Waals surface area contributed by atoms with Crippen molar-refractivity contribution in [2.45, 2.75) is 57.5 Å². The van der Waals surface area contributed by atoms with Crippen molar-refractivity contribution >= 4 is 29.3 Å². The van der Waals surface area contributed by atoms with Gasteiger partial charge in [-0.25, -0.2) is 4.90 Å². The van der Waals surface area contributed by atoms with E-state index < -0.39 is 58.9 Å². The summed E-state index contributed by atoms with van der Waals surface area (Å²) in [5.41, 5.74) is 0.547. The number of hydrogen-bond donors (Lipinski definition) is 1. The number of anilines is 1. The summed E-state index contributed by atoms with van der Waals surface area (Å²) >= 11 is 0. The molecule has 1 saturated carbocycles. The summed E-state index contributed by atoms with van der Waals surface area (Å²) < 4.78 is 44.4.